The van der Waals surface area contributed by atoms with E-state index < -0.39 is 0 Å². The maximum Gasteiger partial charge on any atom is 2.00 e. The predicted octanol–water partition coefficient (Wildman–Crippen LogP) is 7.03. The first kappa shape index (κ1) is 30.2. The molecule has 173 valence electrons. The van der Waals surface area contributed by atoms with Crippen molar-refractivity contribution in [3.63, 3.8) is 0 Å². The van der Waals surface area contributed by atoms with Crippen molar-refractivity contribution in [1.82, 2.24) is 0 Å². The van der Waals surface area contributed by atoms with E-state index in [0.29, 0.717) is 8.64 Å². The summed E-state index contributed by atoms with van der Waals surface area (Å²) in [5.41, 5.74) is 2.21. The Bertz CT molecular complexity index is 665. The molecule has 0 aliphatic heterocycles. The van der Waals surface area contributed by atoms with Gasteiger partial charge in [-0.3, -0.25) is 0 Å². The minimum absolute atomic E-state index is 0. The van der Waals surface area contributed by atoms with E-state index in [0.717, 1.165) is 37.3 Å². The average Bonchev–Trinajstić information content (AvgIpc) is 2.75. The predicted molar refractivity (Wildman–Crippen MR) is 147 cm³/mol. The van der Waals surface area contributed by atoms with Gasteiger partial charge in [0.05, 0.1) is 0 Å². The van der Waals surface area contributed by atoms with Gasteiger partial charge in [-0.1, -0.05) is 84.6 Å². The number of unbranched alkanes of at least 4 members (excludes halogenated alkanes) is 4. The van der Waals surface area contributed by atoms with Crippen molar-refractivity contribution in [3.8, 4) is 0 Å². The minimum Gasteiger partial charge on any atom is -0.411 e. The Hall–Kier alpha value is -0.821. The Morgan fingerprint density at radius 2 is 0.968 bits per heavy atom. The summed E-state index contributed by atoms with van der Waals surface area (Å²) in [4.78, 5) is 4.06. The average molecular weight is 540 g/mol. The Morgan fingerprint density at radius 1 is 0.645 bits per heavy atom. The molecule has 0 aromatic heterocycles. The fraction of sp³-hybridized carbons (Fsp3) is 0.417. The molecule has 2 nitrogen and oxygen atoms in total. The molecule has 7 heteroatoms. The van der Waals surface area contributed by atoms with Crippen molar-refractivity contribution >= 4 is 69.7 Å². The largest absolute Gasteiger partial charge is 2.00 e. The molecule has 1 radical (unpaired) electrons. The molecule has 0 heterocycles. The van der Waals surface area contributed by atoms with E-state index in [2.05, 4.69) is 13.8 Å². The van der Waals surface area contributed by atoms with E-state index in [-0.39, 0.29) is 17.1 Å². The van der Waals surface area contributed by atoms with E-state index >= 15 is 0 Å². The maximum atomic E-state index is 5.09. The van der Waals surface area contributed by atoms with Crippen LogP contribution < -0.4 is 9.80 Å². The normalized spacial score (nSPS) is 9.61. The van der Waals surface area contributed by atoms with Crippen LogP contribution in [0.5, 0.6) is 0 Å². The number of nitrogens with zero attached hydrogens (tertiary/aromatic N) is 2. The topological polar surface area (TPSA) is 6.48 Å². The first-order valence-electron chi connectivity index (χ1n) is 10.6. The van der Waals surface area contributed by atoms with Crippen LogP contribution in [-0.2, 0) is 42.3 Å². The van der Waals surface area contributed by atoms with E-state index in [1.54, 1.807) is 0 Å². The van der Waals surface area contributed by atoms with Gasteiger partial charge in [0.25, 0.3) is 0 Å². The van der Waals surface area contributed by atoms with Gasteiger partial charge in [-0.2, -0.15) is 0 Å². The molecule has 0 atom stereocenters. The molecule has 0 fully saturated rings. The Kier molecular flexibility index (Phi) is 18.2. The van der Waals surface area contributed by atoms with Crippen molar-refractivity contribution < 1.29 is 17.1 Å². The number of hydrogen-bond donors (Lipinski definition) is 0. The smallest absolute Gasteiger partial charge is 0.411 e. The third-order valence-electron chi connectivity index (χ3n) is 4.55. The molecule has 0 saturated carbocycles. The third kappa shape index (κ3) is 12.7. The summed E-state index contributed by atoms with van der Waals surface area (Å²) < 4.78 is 1.08. The molecule has 2 aromatic carbocycles. The summed E-state index contributed by atoms with van der Waals surface area (Å²) >= 11 is 20.4. The molecule has 0 saturated heterocycles. The van der Waals surface area contributed by atoms with E-state index in [9.17, 15) is 0 Å². The molecule has 0 aliphatic carbocycles. The van der Waals surface area contributed by atoms with E-state index in [1.165, 1.54) is 25.7 Å². The quantitative estimate of drug-likeness (QED) is 0.137. The molecule has 0 aliphatic rings. The number of anilines is 2. The summed E-state index contributed by atoms with van der Waals surface area (Å²) in [6.07, 6.45) is 7.16. The zero-order chi connectivity index (χ0) is 22.2. The van der Waals surface area contributed by atoms with Gasteiger partial charge < -0.3 is 59.5 Å². The Balaban J connectivity index is 0.000000562. The zero-order valence-corrected chi connectivity index (χ0v) is 22.5. The van der Waals surface area contributed by atoms with Crippen LogP contribution in [0.3, 0.4) is 0 Å². The molecule has 2 rings (SSSR count). The second kappa shape index (κ2) is 18.7. The van der Waals surface area contributed by atoms with Crippen molar-refractivity contribution in [2.75, 3.05) is 22.9 Å². The number of benzene rings is 2. The number of thiocarbonyl (C=S) groups is 2. The summed E-state index contributed by atoms with van der Waals surface area (Å²) in [7, 11) is 0. The van der Waals surface area contributed by atoms with E-state index in [4.69, 9.17) is 49.7 Å². The van der Waals surface area contributed by atoms with E-state index in [1.807, 2.05) is 70.5 Å². The summed E-state index contributed by atoms with van der Waals surface area (Å²) in [6, 6.07) is 20.2. The molecule has 0 unspecified atom stereocenters. The van der Waals surface area contributed by atoms with Crippen LogP contribution in [0.4, 0.5) is 11.4 Å². The SMILES string of the molecule is CCCCCN(C(=S)[S-])c1ccccc1.CCCCCN(C(=S)[S-])c1ccccc1.[Cu+2]. The Morgan fingerprint density at radius 3 is 1.23 bits per heavy atom. The molecule has 0 spiro atoms. The molecule has 0 bridgehead atoms. The van der Waals surface area contributed by atoms with Gasteiger partial charge in [0.2, 0.25) is 0 Å². The molecule has 0 N–H and O–H groups in total. The molecule has 0 amide bonds. The number of rotatable bonds is 10. The van der Waals surface area contributed by atoms with Crippen molar-refractivity contribution in [1.29, 1.82) is 0 Å². The van der Waals surface area contributed by atoms with Crippen LogP contribution in [0.15, 0.2) is 60.7 Å². The summed E-state index contributed by atoms with van der Waals surface area (Å²) in [5, 5.41) is 0. The van der Waals surface area contributed by atoms with Gasteiger partial charge >= 0.3 is 17.1 Å². The van der Waals surface area contributed by atoms with Crippen molar-refractivity contribution in [2.24, 2.45) is 0 Å². The standard InChI is InChI=1S/2C12H17NS2.Cu/c2*1-2-3-7-10-13(12(14)15)11-8-5-4-6-9-11;/h2*4-6,8-9H,2-3,7,10H2,1H3,(H,14,15);/q;;+2/p-2. The number of hydrogen-bond acceptors (Lipinski definition) is 4. The minimum atomic E-state index is 0. The molecular formula is C24H32CuN2S4. The molecule has 31 heavy (non-hydrogen) atoms. The van der Waals surface area contributed by atoms with Gasteiger partial charge in [-0.15, -0.1) is 0 Å². The molecular weight excluding hydrogens is 508 g/mol. The van der Waals surface area contributed by atoms with Crippen LogP contribution in [0, 0.1) is 0 Å². The number of para-hydroxylation sites is 2. The van der Waals surface area contributed by atoms with Gasteiger partial charge in [-0.05, 0) is 37.1 Å². The van der Waals surface area contributed by atoms with Gasteiger partial charge in [0.1, 0.15) is 0 Å². The fourth-order valence-corrected chi connectivity index (χ4v) is 3.69. The fourth-order valence-electron chi connectivity index (χ4n) is 2.91. The summed E-state index contributed by atoms with van der Waals surface area (Å²) in [5.74, 6) is 0. The molecule has 2 aromatic rings. The van der Waals surface area contributed by atoms with Crippen LogP contribution >= 0.6 is 24.4 Å². The zero-order valence-electron chi connectivity index (χ0n) is 18.3. The second-order valence-corrected chi connectivity index (χ2v) is 8.98. The summed E-state index contributed by atoms with van der Waals surface area (Å²) in [6.45, 7) is 6.25. The van der Waals surface area contributed by atoms with Gasteiger partial charge in [0, 0.05) is 24.5 Å². The maximum absolute atomic E-state index is 5.09. The van der Waals surface area contributed by atoms with Gasteiger partial charge in [0.15, 0.2) is 0 Å². The second-order valence-electron chi connectivity index (χ2n) is 6.92. The van der Waals surface area contributed by atoms with Crippen LogP contribution in [-0.4, -0.2) is 21.7 Å². The first-order chi connectivity index (χ1) is 14.5. The monoisotopic (exact) mass is 539 g/mol. The third-order valence-corrected chi connectivity index (χ3v) is 5.43. The van der Waals surface area contributed by atoms with Crippen molar-refractivity contribution in [3.05, 3.63) is 60.7 Å². The van der Waals surface area contributed by atoms with Crippen LogP contribution in [0.1, 0.15) is 52.4 Å². The van der Waals surface area contributed by atoms with Crippen LogP contribution in [0.2, 0.25) is 0 Å². The van der Waals surface area contributed by atoms with Gasteiger partial charge in [-0.25, -0.2) is 0 Å². The first-order valence-corrected chi connectivity index (χ1v) is 12.2. The Labute approximate surface area is 221 Å². The van der Waals surface area contributed by atoms with Crippen molar-refractivity contribution in [2.45, 2.75) is 52.4 Å². The van der Waals surface area contributed by atoms with Crippen LogP contribution in [0.25, 0.3) is 0 Å².